The molecule has 0 fully saturated rings. The van der Waals surface area contributed by atoms with Crippen molar-refractivity contribution >= 4 is 0 Å². The maximum Gasteiger partial charge on any atom is 0.0110 e. The normalized spacial score (nSPS) is 9.27. The standard InChI is InChI=1S/C9H19O.Y/c1-3-4-5-6-7-8-9-10-2;/h2-9H2,1H3;/q-1;. The molecule has 0 aromatic rings. The van der Waals surface area contributed by atoms with Gasteiger partial charge in [-0.05, 0) is 6.42 Å². The Morgan fingerprint density at radius 2 is 1.55 bits per heavy atom. The Hall–Kier alpha value is 1.06. The van der Waals surface area contributed by atoms with E-state index in [0.29, 0.717) is 0 Å². The predicted octanol–water partition coefficient (Wildman–Crippen LogP) is 3.15. The molecule has 0 saturated heterocycles. The molecular formula is C9H19OY-. The molecule has 0 amide bonds. The van der Waals surface area contributed by atoms with E-state index < -0.39 is 0 Å². The van der Waals surface area contributed by atoms with Crippen LogP contribution in [0.5, 0.6) is 0 Å². The molecule has 0 rings (SSSR count). The van der Waals surface area contributed by atoms with Gasteiger partial charge in [-0.15, -0.1) is 0 Å². The monoisotopic (exact) mass is 232 g/mol. The Morgan fingerprint density at radius 1 is 1.00 bits per heavy atom. The summed E-state index contributed by atoms with van der Waals surface area (Å²) in [6, 6.07) is 0. The first-order valence-corrected chi connectivity index (χ1v) is 4.28. The van der Waals surface area contributed by atoms with Gasteiger partial charge in [0.1, 0.15) is 0 Å². The smallest absolute Gasteiger partial charge is 0.0110 e. The van der Waals surface area contributed by atoms with Crippen LogP contribution in [0.4, 0.5) is 0 Å². The summed E-state index contributed by atoms with van der Waals surface area (Å²) in [6.45, 7) is 3.06. The summed E-state index contributed by atoms with van der Waals surface area (Å²) in [6.07, 6.45) is 7.92. The molecule has 0 heterocycles. The van der Waals surface area contributed by atoms with Crippen LogP contribution in [0.1, 0.15) is 45.4 Å². The van der Waals surface area contributed by atoms with Crippen molar-refractivity contribution in [2.75, 3.05) is 6.61 Å². The molecular weight excluding hydrogens is 213 g/mol. The average Bonchev–Trinajstić information content (AvgIpc) is 1.97. The van der Waals surface area contributed by atoms with E-state index in [4.69, 9.17) is 4.74 Å². The Morgan fingerprint density at radius 3 is 2.09 bits per heavy atom. The summed E-state index contributed by atoms with van der Waals surface area (Å²) in [5, 5.41) is 0. The summed E-state index contributed by atoms with van der Waals surface area (Å²) in [4.78, 5) is 0. The fraction of sp³-hybridized carbons (Fsp3) is 0.889. The third kappa shape index (κ3) is 14.0. The Kier molecular flexibility index (Phi) is 18.1. The fourth-order valence-corrected chi connectivity index (χ4v) is 0.984. The van der Waals surface area contributed by atoms with Crippen molar-refractivity contribution in [3.8, 4) is 0 Å². The third-order valence-corrected chi connectivity index (χ3v) is 1.64. The van der Waals surface area contributed by atoms with Gasteiger partial charge in [0, 0.05) is 39.3 Å². The fourth-order valence-electron chi connectivity index (χ4n) is 0.984. The second-order valence-electron chi connectivity index (χ2n) is 2.68. The SMILES string of the molecule is [CH2-]OCCCCCCCC.[Y]. The minimum absolute atomic E-state index is 0. The van der Waals surface area contributed by atoms with Crippen LogP contribution < -0.4 is 0 Å². The molecule has 0 aromatic carbocycles. The molecule has 2 heteroatoms. The van der Waals surface area contributed by atoms with Gasteiger partial charge >= 0.3 is 0 Å². The van der Waals surface area contributed by atoms with Crippen molar-refractivity contribution in [1.82, 2.24) is 0 Å². The molecule has 0 unspecified atom stereocenters. The summed E-state index contributed by atoms with van der Waals surface area (Å²) in [5.41, 5.74) is 0. The van der Waals surface area contributed by atoms with Crippen LogP contribution in [0.3, 0.4) is 0 Å². The topological polar surface area (TPSA) is 9.23 Å². The van der Waals surface area contributed by atoms with E-state index >= 15 is 0 Å². The molecule has 0 saturated carbocycles. The predicted molar refractivity (Wildman–Crippen MR) is 44.7 cm³/mol. The van der Waals surface area contributed by atoms with Crippen LogP contribution in [0.25, 0.3) is 0 Å². The van der Waals surface area contributed by atoms with E-state index in [0.717, 1.165) is 6.61 Å². The second-order valence-corrected chi connectivity index (χ2v) is 2.68. The first-order chi connectivity index (χ1) is 4.91. The molecule has 0 aromatic heterocycles. The molecule has 1 radical (unpaired) electrons. The van der Waals surface area contributed by atoms with Crippen molar-refractivity contribution < 1.29 is 37.4 Å². The Labute approximate surface area is 96.2 Å². The molecule has 0 aliphatic carbocycles. The van der Waals surface area contributed by atoms with Gasteiger partial charge in [0.15, 0.2) is 0 Å². The van der Waals surface area contributed by atoms with Gasteiger partial charge in [0.25, 0.3) is 0 Å². The summed E-state index contributed by atoms with van der Waals surface area (Å²) < 4.78 is 4.70. The quantitative estimate of drug-likeness (QED) is 0.484. The molecule has 0 atom stereocenters. The molecule has 0 bridgehead atoms. The number of rotatable bonds is 7. The molecule has 1 nitrogen and oxygen atoms in total. The molecule has 0 aliphatic rings. The number of hydrogen-bond donors (Lipinski definition) is 0. The van der Waals surface area contributed by atoms with Gasteiger partial charge in [-0.2, -0.15) is 0 Å². The zero-order valence-electron chi connectivity index (χ0n) is 7.64. The Bertz CT molecular complexity index is 49.5. The van der Waals surface area contributed by atoms with Crippen LogP contribution in [0.15, 0.2) is 0 Å². The van der Waals surface area contributed by atoms with Crippen molar-refractivity contribution in [2.24, 2.45) is 0 Å². The van der Waals surface area contributed by atoms with Crippen LogP contribution >= 0.6 is 0 Å². The molecule has 65 valence electrons. The van der Waals surface area contributed by atoms with Crippen LogP contribution in [0.2, 0.25) is 0 Å². The van der Waals surface area contributed by atoms with E-state index in [1.54, 1.807) is 0 Å². The van der Waals surface area contributed by atoms with Crippen molar-refractivity contribution in [2.45, 2.75) is 45.4 Å². The average molecular weight is 232 g/mol. The van der Waals surface area contributed by atoms with Crippen molar-refractivity contribution in [1.29, 1.82) is 0 Å². The Balaban J connectivity index is 0. The van der Waals surface area contributed by atoms with E-state index in [-0.39, 0.29) is 32.7 Å². The second kappa shape index (κ2) is 13.6. The summed E-state index contributed by atoms with van der Waals surface area (Å²) >= 11 is 0. The van der Waals surface area contributed by atoms with Gasteiger partial charge in [-0.1, -0.05) is 39.0 Å². The molecule has 0 N–H and O–H groups in total. The largest absolute Gasteiger partial charge is 0.555 e. The summed E-state index contributed by atoms with van der Waals surface area (Å²) in [7, 11) is 3.32. The summed E-state index contributed by atoms with van der Waals surface area (Å²) in [5.74, 6) is 0. The van der Waals surface area contributed by atoms with Gasteiger partial charge in [-0.3, -0.25) is 0 Å². The van der Waals surface area contributed by atoms with Gasteiger partial charge < -0.3 is 4.74 Å². The molecule has 11 heavy (non-hydrogen) atoms. The van der Waals surface area contributed by atoms with Crippen LogP contribution in [-0.4, -0.2) is 6.61 Å². The first-order valence-electron chi connectivity index (χ1n) is 4.28. The maximum absolute atomic E-state index is 4.70. The van der Waals surface area contributed by atoms with Crippen LogP contribution in [-0.2, 0) is 37.4 Å². The number of unbranched alkanes of at least 4 members (excludes halogenated alkanes) is 5. The van der Waals surface area contributed by atoms with E-state index in [1.807, 2.05) is 0 Å². The van der Waals surface area contributed by atoms with Crippen LogP contribution in [0, 0.1) is 7.11 Å². The van der Waals surface area contributed by atoms with Gasteiger partial charge in [0.05, 0.1) is 0 Å². The van der Waals surface area contributed by atoms with E-state index in [1.165, 1.54) is 38.5 Å². The zero-order valence-corrected chi connectivity index (χ0v) is 10.5. The number of hydrogen-bond acceptors (Lipinski definition) is 1. The minimum atomic E-state index is 0. The zero-order chi connectivity index (χ0) is 7.66. The first kappa shape index (κ1) is 14.6. The van der Waals surface area contributed by atoms with E-state index in [2.05, 4.69) is 14.0 Å². The number of ether oxygens (including phenoxy) is 1. The third-order valence-electron chi connectivity index (χ3n) is 1.64. The van der Waals surface area contributed by atoms with Crippen molar-refractivity contribution in [3.63, 3.8) is 0 Å². The van der Waals surface area contributed by atoms with E-state index in [9.17, 15) is 0 Å². The minimum Gasteiger partial charge on any atom is -0.555 e. The van der Waals surface area contributed by atoms with Gasteiger partial charge in [0.2, 0.25) is 0 Å². The molecule has 0 aliphatic heterocycles. The molecule has 0 spiro atoms. The maximum atomic E-state index is 4.70. The van der Waals surface area contributed by atoms with Gasteiger partial charge in [-0.25, -0.2) is 7.11 Å². The van der Waals surface area contributed by atoms with Crippen molar-refractivity contribution in [3.05, 3.63) is 7.11 Å².